The molecule has 2 heterocycles. The van der Waals surface area contributed by atoms with Gasteiger partial charge in [-0.25, -0.2) is 0 Å². The van der Waals surface area contributed by atoms with Gasteiger partial charge in [-0.15, -0.1) is 0 Å². The normalized spacial score (nSPS) is 15.9. The second-order valence-corrected chi connectivity index (χ2v) is 9.23. The van der Waals surface area contributed by atoms with E-state index in [0.29, 0.717) is 0 Å². The van der Waals surface area contributed by atoms with Gasteiger partial charge in [0.1, 0.15) is 0 Å². The molecule has 5 aromatic rings. The number of fused-ring (bicyclic) bond motifs is 10. The molecule has 0 fully saturated rings. The predicted molar refractivity (Wildman–Crippen MR) is 124 cm³/mol. The van der Waals surface area contributed by atoms with Crippen molar-refractivity contribution in [2.75, 3.05) is 0 Å². The molecule has 2 aliphatic rings. The summed E-state index contributed by atoms with van der Waals surface area (Å²) in [5, 5.41) is 25.1. The summed E-state index contributed by atoms with van der Waals surface area (Å²) >= 11 is 0. The Morgan fingerprint density at radius 3 is 1.55 bits per heavy atom. The van der Waals surface area contributed by atoms with E-state index >= 15 is 0 Å². The van der Waals surface area contributed by atoms with Crippen molar-refractivity contribution in [1.82, 2.24) is 4.40 Å². The Labute approximate surface area is 180 Å². The fourth-order valence-electron chi connectivity index (χ4n) is 6.57. The fraction of sp³-hybridized carbons (Fsp3) is 0.286. The van der Waals surface area contributed by atoms with E-state index < -0.39 is 0 Å². The Hall–Kier alpha value is -3.56. The lowest BCUT2D eigenvalue weighted by Crippen LogP contribution is -2.07. The highest BCUT2D eigenvalue weighted by Gasteiger charge is 2.27. The van der Waals surface area contributed by atoms with Crippen LogP contribution in [0.5, 0.6) is 0 Å². The molecule has 2 aromatic heterocycles. The van der Waals surface area contributed by atoms with E-state index in [4.69, 9.17) is 0 Å². The molecule has 0 bridgehead atoms. The summed E-state index contributed by atoms with van der Waals surface area (Å²) in [5.74, 6) is 0. The first-order chi connectivity index (χ1) is 15.3. The molecular weight excluding hydrogens is 378 g/mol. The highest BCUT2D eigenvalue weighted by molar-refractivity contribution is 6.25. The summed E-state index contributed by atoms with van der Waals surface area (Å²) in [5.41, 5.74) is 10.5. The zero-order chi connectivity index (χ0) is 20.7. The molecule has 0 N–H and O–H groups in total. The molecule has 31 heavy (non-hydrogen) atoms. The van der Waals surface area contributed by atoms with Crippen molar-refractivity contribution in [3.05, 3.63) is 63.7 Å². The molecule has 0 saturated carbocycles. The van der Waals surface area contributed by atoms with Crippen LogP contribution in [0, 0.1) is 22.7 Å². The van der Waals surface area contributed by atoms with Gasteiger partial charge >= 0.3 is 0 Å². The van der Waals surface area contributed by atoms with Crippen LogP contribution < -0.4 is 0 Å². The van der Waals surface area contributed by atoms with Gasteiger partial charge in [-0.1, -0.05) is 18.2 Å². The Bertz CT molecular complexity index is 1530. The quantitative estimate of drug-likeness (QED) is 0.305. The maximum atomic E-state index is 9.94. The number of nitrogens with zero attached hydrogens (tertiary/aromatic N) is 3. The second kappa shape index (κ2) is 5.99. The summed E-state index contributed by atoms with van der Waals surface area (Å²) in [7, 11) is 0. The minimum absolute atomic E-state index is 0.828. The number of hydrogen-bond acceptors (Lipinski definition) is 2. The van der Waals surface area contributed by atoms with E-state index in [1.807, 2.05) is 0 Å². The Balaban J connectivity index is 1.78. The molecule has 0 atom stereocenters. The molecule has 0 radical (unpaired) electrons. The van der Waals surface area contributed by atoms with Crippen molar-refractivity contribution in [2.24, 2.45) is 0 Å². The van der Waals surface area contributed by atoms with Crippen molar-refractivity contribution in [3.8, 4) is 12.1 Å². The lowest BCUT2D eigenvalue weighted by atomic mass is 9.84. The summed E-state index contributed by atoms with van der Waals surface area (Å²) in [6.07, 6.45) is 8.80. The van der Waals surface area contributed by atoms with Gasteiger partial charge in [0.05, 0.1) is 39.8 Å². The molecule has 3 heteroatoms. The number of rotatable bonds is 0. The minimum atomic E-state index is 0.828. The molecule has 3 nitrogen and oxygen atoms in total. The van der Waals surface area contributed by atoms with Gasteiger partial charge in [0.25, 0.3) is 0 Å². The third-order valence-electron chi connectivity index (χ3n) is 7.78. The smallest absolute Gasteiger partial charge is 0.0995 e. The summed E-state index contributed by atoms with van der Waals surface area (Å²) in [4.78, 5) is 0. The standard InChI is InChI=1S/C28H21N3/c29-14-16-12-24-26(20-8-3-1-6-18(16)20)22-10-5-11-23-27-21-9-4-2-7-19(21)17(15-30)13-25(27)31(24)28(22)23/h5,10-13H,1-4,6-9H2. The average molecular weight is 399 g/mol. The molecule has 148 valence electrons. The maximum absolute atomic E-state index is 9.94. The van der Waals surface area contributed by atoms with E-state index in [9.17, 15) is 10.5 Å². The molecule has 7 rings (SSSR count). The maximum Gasteiger partial charge on any atom is 0.0995 e. The third-order valence-corrected chi connectivity index (χ3v) is 7.78. The summed E-state index contributed by atoms with van der Waals surface area (Å²) < 4.78 is 2.36. The number of para-hydroxylation sites is 1. The second-order valence-electron chi connectivity index (χ2n) is 9.23. The Morgan fingerprint density at radius 2 is 1.10 bits per heavy atom. The molecular formula is C28H21N3. The molecule has 0 amide bonds. The summed E-state index contributed by atoms with van der Waals surface area (Å²) in [6.45, 7) is 0. The van der Waals surface area contributed by atoms with E-state index in [1.54, 1.807) is 0 Å². The first-order valence-electron chi connectivity index (χ1n) is 11.4. The predicted octanol–water partition coefficient (Wildman–Crippen LogP) is 6.34. The highest BCUT2D eigenvalue weighted by atomic mass is 14.9. The van der Waals surface area contributed by atoms with Crippen LogP contribution in [-0.4, -0.2) is 4.40 Å². The molecule has 0 saturated heterocycles. The average Bonchev–Trinajstić information content (AvgIpc) is 3.35. The van der Waals surface area contributed by atoms with Gasteiger partial charge < -0.3 is 4.40 Å². The molecule has 3 aromatic carbocycles. The first kappa shape index (κ1) is 17.2. The SMILES string of the molecule is N#Cc1cc2c(c3c1CCCC3)c1cccc3c4c5c(c(C#N)cc4n2c13)CCCC5. The largest absolute Gasteiger partial charge is 0.308 e. The number of benzene rings is 3. The van der Waals surface area contributed by atoms with Gasteiger partial charge in [0.2, 0.25) is 0 Å². The first-order valence-corrected chi connectivity index (χ1v) is 11.4. The van der Waals surface area contributed by atoms with Gasteiger partial charge in [0, 0.05) is 21.5 Å². The Morgan fingerprint density at radius 1 is 0.645 bits per heavy atom. The number of hydrogen-bond donors (Lipinski definition) is 0. The van der Waals surface area contributed by atoms with Crippen LogP contribution in [0.25, 0.3) is 38.1 Å². The van der Waals surface area contributed by atoms with Crippen molar-refractivity contribution < 1.29 is 0 Å². The van der Waals surface area contributed by atoms with Crippen molar-refractivity contribution in [2.45, 2.75) is 51.4 Å². The van der Waals surface area contributed by atoms with Crippen molar-refractivity contribution in [1.29, 1.82) is 10.5 Å². The topological polar surface area (TPSA) is 52.0 Å². The zero-order valence-electron chi connectivity index (χ0n) is 17.4. The van der Waals surface area contributed by atoms with Crippen LogP contribution >= 0.6 is 0 Å². The van der Waals surface area contributed by atoms with Crippen molar-refractivity contribution in [3.63, 3.8) is 0 Å². The fourth-order valence-corrected chi connectivity index (χ4v) is 6.57. The molecule has 2 aliphatic carbocycles. The van der Waals surface area contributed by atoms with Gasteiger partial charge in [-0.3, -0.25) is 0 Å². The lowest BCUT2D eigenvalue weighted by Gasteiger charge is -2.20. The van der Waals surface area contributed by atoms with E-state index in [-0.39, 0.29) is 0 Å². The number of aromatic nitrogens is 1. The third kappa shape index (κ3) is 2.02. The van der Waals surface area contributed by atoms with E-state index in [1.165, 1.54) is 62.2 Å². The van der Waals surface area contributed by atoms with E-state index in [0.717, 1.165) is 60.7 Å². The lowest BCUT2D eigenvalue weighted by molar-refractivity contribution is 0.688. The Kier molecular flexibility index (Phi) is 3.32. The highest BCUT2D eigenvalue weighted by Crippen LogP contribution is 2.45. The number of aryl methyl sites for hydroxylation is 2. The van der Waals surface area contributed by atoms with Gasteiger partial charge in [-0.05, 0) is 85.8 Å². The zero-order valence-corrected chi connectivity index (χ0v) is 17.4. The van der Waals surface area contributed by atoms with Crippen LogP contribution in [0.3, 0.4) is 0 Å². The van der Waals surface area contributed by atoms with Crippen molar-refractivity contribution >= 4 is 38.1 Å². The van der Waals surface area contributed by atoms with Crippen LogP contribution in [0.2, 0.25) is 0 Å². The van der Waals surface area contributed by atoms with E-state index in [2.05, 4.69) is 46.9 Å². The van der Waals surface area contributed by atoms with Crippen LogP contribution in [0.1, 0.15) is 59.1 Å². The monoisotopic (exact) mass is 399 g/mol. The number of nitriles is 2. The van der Waals surface area contributed by atoms with Gasteiger partial charge in [-0.2, -0.15) is 10.5 Å². The van der Waals surface area contributed by atoms with Crippen LogP contribution in [0.15, 0.2) is 30.3 Å². The van der Waals surface area contributed by atoms with Gasteiger partial charge in [0.15, 0.2) is 0 Å². The molecule has 0 unspecified atom stereocenters. The molecule has 0 spiro atoms. The minimum Gasteiger partial charge on any atom is -0.308 e. The van der Waals surface area contributed by atoms with Crippen LogP contribution in [-0.2, 0) is 25.7 Å². The van der Waals surface area contributed by atoms with Crippen LogP contribution in [0.4, 0.5) is 0 Å². The summed E-state index contributed by atoms with van der Waals surface area (Å²) in [6, 6.07) is 15.9. The molecule has 0 aliphatic heterocycles.